The molecule has 1 aromatic rings. The molecule has 0 atom stereocenters. The zero-order valence-corrected chi connectivity index (χ0v) is 9.64. The minimum Gasteiger partial charge on any atom is -0.434 e. The van der Waals surface area contributed by atoms with Gasteiger partial charge in [0.05, 0.1) is 11.6 Å². The van der Waals surface area contributed by atoms with Gasteiger partial charge in [-0.3, -0.25) is 0 Å². The summed E-state index contributed by atoms with van der Waals surface area (Å²) < 4.78 is 9.58. The molecule has 0 unspecified atom stereocenters. The molecule has 0 aliphatic carbocycles. The fourth-order valence-electron chi connectivity index (χ4n) is 0.867. The fourth-order valence-corrected chi connectivity index (χ4v) is 1.20. The minimum absolute atomic E-state index is 0.199. The van der Waals surface area contributed by atoms with E-state index in [0.717, 1.165) is 6.42 Å². The molecule has 0 amide bonds. The van der Waals surface area contributed by atoms with Crippen molar-refractivity contribution in [2.24, 2.45) is 0 Å². The molecule has 0 saturated carbocycles. The Morgan fingerprint density at radius 1 is 1.40 bits per heavy atom. The maximum atomic E-state index is 11.1. The lowest BCUT2D eigenvalue weighted by atomic mass is 10.3. The third kappa shape index (κ3) is 3.61. The standard InChI is InChI=1S/C10H10Cl2O3/c1-2-6-14-10(13)15-8-5-3-4-7(11)9(8)12/h3-5H,2,6H2,1H3. The largest absolute Gasteiger partial charge is 0.513 e. The summed E-state index contributed by atoms with van der Waals surface area (Å²) in [4.78, 5) is 11.1. The quantitative estimate of drug-likeness (QED) is 0.601. The molecule has 0 aromatic heterocycles. The molecule has 0 bridgehead atoms. The highest BCUT2D eigenvalue weighted by Crippen LogP contribution is 2.31. The molecule has 0 radical (unpaired) electrons. The first kappa shape index (κ1) is 12.1. The Morgan fingerprint density at radius 2 is 2.13 bits per heavy atom. The van der Waals surface area contributed by atoms with E-state index < -0.39 is 6.16 Å². The second-order valence-corrected chi connectivity index (χ2v) is 3.54. The van der Waals surface area contributed by atoms with Crippen LogP contribution in [-0.4, -0.2) is 12.8 Å². The van der Waals surface area contributed by atoms with E-state index in [2.05, 4.69) is 0 Å². The monoisotopic (exact) mass is 248 g/mol. The number of rotatable bonds is 3. The zero-order valence-electron chi connectivity index (χ0n) is 8.13. The molecule has 82 valence electrons. The first-order valence-corrected chi connectivity index (χ1v) is 5.19. The van der Waals surface area contributed by atoms with Gasteiger partial charge >= 0.3 is 6.16 Å². The first-order chi connectivity index (χ1) is 7.15. The molecule has 1 aromatic carbocycles. The van der Waals surface area contributed by atoms with Crippen LogP contribution in [0.1, 0.15) is 13.3 Å². The van der Waals surface area contributed by atoms with Gasteiger partial charge in [-0.1, -0.05) is 36.2 Å². The Balaban J connectivity index is 2.64. The van der Waals surface area contributed by atoms with Crippen LogP contribution in [0.15, 0.2) is 18.2 Å². The number of carbonyl (C=O) groups is 1. The molecule has 3 nitrogen and oxygen atoms in total. The van der Waals surface area contributed by atoms with Crippen molar-refractivity contribution in [1.29, 1.82) is 0 Å². The van der Waals surface area contributed by atoms with Crippen molar-refractivity contribution in [2.75, 3.05) is 6.61 Å². The minimum atomic E-state index is -0.777. The average Bonchev–Trinajstić information content (AvgIpc) is 2.22. The smallest absolute Gasteiger partial charge is 0.434 e. The highest BCUT2D eigenvalue weighted by molar-refractivity contribution is 6.42. The van der Waals surface area contributed by atoms with Crippen LogP contribution < -0.4 is 4.74 Å². The maximum Gasteiger partial charge on any atom is 0.513 e. The highest BCUT2D eigenvalue weighted by atomic mass is 35.5. The van der Waals surface area contributed by atoms with E-state index in [4.69, 9.17) is 32.7 Å². The van der Waals surface area contributed by atoms with Gasteiger partial charge in [-0.2, -0.15) is 0 Å². The van der Waals surface area contributed by atoms with Crippen molar-refractivity contribution in [1.82, 2.24) is 0 Å². The van der Waals surface area contributed by atoms with Gasteiger partial charge in [0.15, 0.2) is 5.75 Å². The van der Waals surface area contributed by atoms with Crippen molar-refractivity contribution in [3.05, 3.63) is 28.2 Å². The summed E-state index contributed by atoms with van der Waals surface area (Å²) >= 11 is 11.5. The van der Waals surface area contributed by atoms with E-state index >= 15 is 0 Å². The SMILES string of the molecule is CCCOC(=O)Oc1cccc(Cl)c1Cl. The van der Waals surface area contributed by atoms with Crippen molar-refractivity contribution in [3.8, 4) is 5.75 Å². The van der Waals surface area contributed by atoms with Crippen molar-refractivity contribution >= 4 is 29.4 Å². The highest BCUT2D eigenvalue weighted by Gasteiger charge is 2.10. The second kappa shape index (κ2) is 5.83. The van der Waals surface area contributed by atoms with Gasteiger partial charge in [0, 0.05) is 0 Å². The van der Waals surface area contributed by atoms with E-state index in [9.17, 15) is 4.79 Å². The van der Waals surface area contributed by atoms with Gasteiger partial charge in [0.25, 0.3) is 0 Å². The molecule has 0 N–H and O–H groups in total. The lowest BCUT2D eigenvalue weighted by molar-refractivity contribution is 0.0992. The van der Waals surface area contributed by atoms with Crippen LogP contribution in [0.25, 0.3) is 0 Å². The summed E-state index contributed by atoms with van der Waals surface area (Å²) in [5.74, 6) is 0.199. The second-order valence-electron chi connectivity index (χ2n) is 2.75. The van der Waals surface area contributed by atoms with Crippen LogP contribution in [0.2, 0.25) is 10.0 Å². The van der Waals surface area contributed by atoms with E-state index in [1.165, 1.54) is 0 Å². The number of hydrogen-bond acceptors (Lipinski definition) is 3. The van der Waals surface area contributed by atoms with Crippen LogP contribution in [0, 0.1) is 0 Å². The normalized spacial score (nSPS) is 9.80. The van der Waals surface area contributed by atoms with Gasteiger partial charge in [-0.15, -0.1) is 0 Å². The molecule has 0 heterocycles. The summed E-state index contributed by atoms with van der Waals surface area (Å²) in [6.45, 7) is 2.21. The van der Waals surface area contributed by atoms with E-state index in [1.54, 1.807) is 18.2 Å². The maximum absolute atomic E-state index is 11.1. The van der Waals surface area contributed by atoms with Gasteiger partial charge in [-0.25, -0.2) is 4.79 Å². The molecule has 0 aliphatic heterocycles. The van der Waals surface area contributed by atoms with Gasteiger partial charge in [0.2, 0.25) is 0 Å². The van der Waals surface area contributed by atoms with Crippen LogP contribution >= 0.6 is 23.2 Å². The van der Waals surface area contributed by atoms with Crippen LogP contribution in [0.3, 0.4) is 0 Å². The molecule has 0 saturated heterocycles. The summed E-state index contributed by atoms with van der Waals surface area (Å²) in [5.41, 5.74) is 0. The molecule has 1 rings (SSSR count). The first-order valence-electron chi connectivity index (χ1n) is 4.43. The average molecular weight is 249 g/mol. The lowest BCUT2D eigenvalue weighted by Gasteiger charge is -2.06. The molecule has 0 aliphatic rings. The Bertz CT molecular complexity index is 353. The summed E-state index contributed by atoms with van der Waals surface area (Å²) in [7, 11) is 0. The molecule has 0 spiro atoms. The Kier molecular flexibility index (Phi) is 4.72. The van der Waals surface area contributed by atoms with Gasteiger partial charge in [-0.05, 0) is 18.6 Å². The van der Waals surface area contributed by atoms with Crippen molar-refractivity contribution < 1.29 is 14.3 Å². The predicted molar refractivity (Wildman–Crippen MR) is 58.7 cm³/mol. The Morgan fingerprint density at radius 3 is 2.80 bits per heavy atom. The summed E-state index contributed by atoms with van der Waals surface area (Å²) in [6, 6.07) is 4.78. The molecule has 15 heavy (non-hydrogen) atoms. The van der Waals surface area contributed by atoms with Crippen molar-refractivity contribution in [2.45, 2.75) is 13.3 Å². The Hall–Kier alpha value is -0.930. The van der Waals surface area contributed by atoms with Gasteiger partial charge < -0.3 is 9.47 Å². The topological polar surface area (TPSA) is 35.5 Å². The molecular formula is C10H10Cl2O3. The van der Waals surface area contributed by atoms with Gasteiger partial charge in [0.1, 0.15) is 5.02 Å². The van der Waals surface area contributed by atoms with Crippen molar-refractivity contribution in [3.63, 3.8) is 0 Å². The molecule has 0 fully saturated rings. The number of hydrogen-bond donors (Lipinski definition) is 0. The van der Waals surface area contributed by atoms with Crippen LogP contribution in [0.5, 0.6) is 5.75 Å². The van der Waals surface area contributed by atoms with Crippen LogP contribution in [-0.2, 0) is 4.74 Å². The predicted octanol–water partition coefficient (Wildman–Crippen LogP) is 3.92. The lowest BCUT2D eigenvalue weighted by Crippen LogP contribution is -2.11. The van der Waals surface area contributed by atoms with E-state index in [1.807, 2.05) is 6.92 Å². The number of carbonyl (C=O) groups excluding carboxylic acids is 1. The fraction of sp³-hybridized carbons (Fsp3) is 0.300. The third-order valence-corrected chi connectivity index (χ3v) is 2.34. The Labute approximate surface area is 97.9 Å². The zero-order chi connectivity index (χ0) is 11.3. The van der Waals surface area contributed by atoms with E-state index in [0.29, 0.717) is 11.6 Å². The number of halogens is 2. The molecule has 5 heteroatoms. The summed E-state index contributed by atoms with van der Waals surface area (Å²) in [6.07, 6.45) is -0.0423. The molecular weight excluding hydrogens is 239 g/mol. The summed E-state index contributed by atoms with van der Waals surface area (Å²) in [5, 5.41) is 0.532. The van der Waals surface area contributed by atoms with E-state index in [-0.39, 0.29) is 10.8 Å². The third-order valence-electron chi connectivity index (χ3n) is 1.53. The van der Waals surface area contributed by atoms with Crippen LogP contribution in [0.4, 0.5) is 4.79 Å². The number of ether oxygens (including phenoxy) is 2. The number of benzene rings is 1.